The van der Waals surface area contributed by atoms with E-state index in [0.29, 0.717) is 6.42 Å². The fourth-order valence-corrected chi connectivity index (χ4v) is 4.35. The van der Waals surface area contributed by atoms with Gasteiger partial charge in [0.15, 0.2) is 9.84 Å². The molecule has 1 aliphatic heterocycles. The molecule has 0 aromatic carbocycles. The molecule has 0 amide bonds. The average Bonchev–Trinajstić information content (AvgIpc) is 2.23. The largest absolute Gasteiger partial charge is 0.228 e. The topological polar surface area (TPSA) is 34.1 Å². The highest BCUT2D eigenvalue weighted by atomic mass is 32.2. The van der Waals surface area contributed by atoms with Crippen LogP contribution < -0.4 is 0 Å². The van der Waals surface area contributed by atoms with Gasteiger partial charge in [0, 0.05) is 5.41 Å². The number of hydrogen-bond acceptors (Lipinski definition) is 2. The summed E-state index contributed by atoms with van der Waals surface area (Å²) in [5.41, 5.74) is -0.340. The molecule has 0 aromatic heterocycles. The summed E-state index contributed by atoms with van der Waals surface area (Å²) < 4.78 is 22.9. The van der Waals surface area contributed by atoms with Crippen LogP contribution in [0.3, 0.4) is 0 Å². The standard InChI is InChI=1S/C11H18O2S/c1-6-10(2,3)9-7-8-14(12,13)11(9,4)5/h1,9H,7-8H2,2-5H3. The van der Waals surface area contributed by atoms with Gasteiger partial charge in [-0.15, -0.1) is 12.3 Å². The molecule has 0 aromatic rings. The Morgan fingerprint density at radius 1 is 1.43 bits per heavy atom. The summed E-state index contributed by atoms with van der Waals surface area (Å²) in [6, 6.07) is 0. The molecule has 0 saturated carbocycles. The van der Waals surface area contributed by atoms with Crippen molar-refractivity contribution >= 4 is 9.84 Å². The van der Waals surface area contributed by atoms with Gasteiger partial charge in [0.05, 0.1) is 10.5 Å². The zero-order valence-electron chi connectivity index (χ0n) is 9.29. The van der Waals surface area contributed by atoms with Gasteiger partial charge >= 0.3 is 0 Å². The Balaban J connectivity index is 3.16. The first-order chi connectivity index (χ1) is 6.15. The first kappa shape index (κ1) is 11.6. The Morgan fingerprint density at radius 3 is 2.21 bits per heavy atom. The Hall–Kier alpha value is -0.490. The predicted molar refractivity (Wildman–Crippen MR) is 58.6 cm³/mol. The number of rotatable bonds is 1. The molecule has 0 radical (unpaired) electrons. The second kappa shape index (κ2) is 3.00. The Morgan fingerprint density at radius 2 is 1.93 bits per heavy atom. The van der Waals surface area contributed by atoms with Crippen LogP contribution in [0, 0.1) is 23.7 Å². The minimum absolute atomic E-state index is 0.0602. The monoisotopic (exact) mass is 214 g/mol. The van der Waals surface area contributed by atoms with Crippen LogP contribution in [0.5, 0.6) is 0 Å². The van der Waals surface area contributed by atoms with Gasteiger partial charge in [-0.2, -0.15) is 0 Å². The van der Waals surface area contributed by atoms with E-state index in [1.165, 1.54) is 0 Å². The maximum absolute atomic E-state index is 11.8. The number of sulfone groups is 1. The van der Waals surface area contributed by atoms with Crippen molar-refractivity contribution in [2.24, 2.45) is 11.3 Å². The summed E-state index contributed by atoms with van der Waals surface area (Å²) in [5, 5.41) is 0. The van der Waals surface area contributed by atoms with Crippen LogP contribution in [0.1, 0.15) is 34.1 Å². The van der Waals surface area contributed by atoms with Gasteiger partial charge in [-0.25, -0.2) is 8.42 Å². The lowest BCUT2D eigenvalue weighted by atomic mass is 9.72. The minimum Gasteiger partial charge on any atom is -0.228 e. The van der Waals surface area contributed by atoms with Gasteiger partial charge in [0.1, 0.15) is 0 Å². The molecule has 1 rings (SSSR count). The molecule has 2 nitrogen and oxygen atoms in total. The highest BCUT2D eigenvalue weighted by Crippen LogP contribution is 2.46. The summed E-state index contributed by atoms with van der Waals surface area (Å²) in [7, 11) is -2.96. The maximum atomic E-state index is 11.8. The Labute approximate surface area is 87.0 Å². The van der Waals surface area contributed by atoms with Gasteiger partial charge in [-0.1, -0.05) is 0 Å². The van der Waals surface area contributed by atoms with Crippen molar-refractivity contribution in [2.75, 3.05) is 5.75 Å². The normalized spacial score (nSPS) is 29.8. The molecular formula is C11H18O2S. The molecule has 0 spiro atoms. The first-order valence-corrected chi connectivity index (χ1v) is 6.50. The first-order valence-electron chi connectivity index (χ1n) is 4.85. The van der Waals surface area contributed by atoms with Gasteiger partial charge < -0.3 is 0 Å². The minimum atomic E-state index is -2.96. The zero-order chi connectivity index (χ0) is 11.2. The molecule has 1 heterocycles. The predicted octanol–water partition coefficient (Wildman–Crippen LogP) is 1.86. The summed E-state index contributed by atoms with van der Waals surface area (Å²) >= 11 is 0. The molecule has 1 saturated heterocycles. The van der Waals surface area contributed by atoms with Gasteiger partial charge in [-0.05, 0) is 40.0 Å². The van der Waals surface area contributed by atoms with E-state index in [1.807, 2.05) is 13.8 Å². The van der Waals surface area contributed by atoms with Crippen molar-refractivity contribution in [1.82, 2.24) is 0 Å². The molecule has 80 valence electrons. The van der Waals surface area contributed by atoms with Crippen LogP contribution in [0.4, 0.5) is 0 Å². The highest BCUT2D eigenvalue weighted by molar-refractivity contribution is 7.93. The Bertz CT molecular complexity index is 369. The molecule has 14 heavy (non-hydrogen) atoms. The summed E-state index contributed by atoms with van der Waals surface area (Å²) in [5.74, 6) is 3.05. The highest BCUT2D eigenvalue weighted by Gasteiger charge is 2.52. The quantitative estimate of drug-likeness (QED) is 0.624. The smallest absolute Gasteiger partial charge is 0.155 e. The second-order valence-corrected chi connectivity index (χ2v) is 7.82. The SMILES string of the molecule is C#CC(C)(C)C1CCS(=O)(=O)C1(C)C. The molecular weight excluding hydrogens is 196 g/mol. The van der Waals surface area contributed by atoms with E-state index < -0.39 is 14.6 Å². The van der Waals surface area contributed by atoms with Crippen molar-refractivity contribution in [3.8, 4) is 12.3 Å². The van der Waals surface area contributed by atoms with Crippen molar-refractivity contribution < 1.29 is 8.42 Å². The van der Waals surface area contributed by atoms with Gasteiger partial charge in [-0.3, -0.25) is 0 Å². The molecule has 1 unspecified atom stereocenters. The molecule has 3 heteroatoms. The van der Waals surface area contributed by atoms with Crippen molar-refractivity contribution in [3.05, 3.63) is 0 Å². The van der Waals surface area contributed by atoms with Crippen LogP contribution in [0.15, 0.2) is 0 Å². The molecule has 0 bridgehead atoms. The maximum Gasteiger partial charge on any atom is 0.155 e. The van der Waals surface area contributed by atoms with Crippen LogP contribution >= 0.6 is 0 Å². The second-order valence-electron chi connectivity index (χ2n) is 5.13. The van der Waals surface area contributed by atoms with E-state index in [1.54, 1.807) is 13.8 Å². The van der Waals surface area contributed by atoms with Crippen molar-refractivity contribution in [3.63, 3.8) is 0 Å². The van der Waals surface area contributed by atoms with Crippen molar-refractivity contribution in [2.45, 2.75) is 38.9 Å². The molecule has 0 aliphatic carbocycles. The lowest BCUT2D eigenvalue weighted by molar-refractivity contribution is 0.248. The lowest BCUT2D eigenvalue weighted by Crippen LogP contribution is -2.40. The fraction of sp³-hybridized carbons (Fsp3) is 0.818. The lowest BCUT2D eigenvalue weighted by Gasteiger charge is -2.35. The molecule has 0 N–H and O–H groups in total. The van der Waals surface area contributed by atoms with Crippen LogP contribution in [-0.4, -0.2) is 18.9 Å². The summed E-state index contributed by atoms with van der Waals surface area (Å²) in [4.78, 5) is 0. The van der Waals surface area contributed by atoms with E-state index in [0.717, 1.165) is 0 Å². The van der Waals surface area contributed by atoms with Crippen LogP contribution in [0.25, 0.3) is 0 Å². The van der Waals surface area contributed by atoms with E-state index in [4.69, 9.17) is 6.42 Å². The van der Waals surface area contributed by atoms with E-state index in [9.17, 15) is 8.42 Å². The van der Waals surface area contributed by atoms with Crippen molar-refractivity contribution in [1.29, 1.82) is 0 Å². The molecule has 1 atom stereocenters. The zero-order valence-corrected chi connectivity index (χ0v) is 10.1. The third kappa shape index (κ3) is 1.46. The molecule has 1 fully saturated rings. The summed E-state index contributed by atoms with van der Waals surface area (Å²) in [6.45, 7) is 7.47. The Kier molecular flexibility index (Phi) is 2.48. The van der Waals surface area contributed by atoms with E-state index in [2.05, 4.69) is 5.92 Å². The fourth-order valence-electron chi connectivity index (χ4n) is 2.43. The van der Waals surface area contributed by atoms with E-state index in [-0.39, 0.29) is 17.1 Å². The van der Waals surface area contributed by atoms with E-state index >= 15 is 0 Å². The number of hydrogen-bond donors (Lipinski definition) is 0. The average molecular weight is 214 g/mol. The van der Waals surface area contributed by atoms with Crippen LogP contribution in [-0.2, 0) is 9.84 Å². The number of terminal acetylenes is 1. The summed E-state index contributed by atoms with van der Waals surface area (Å²) in [6.07, 6.45) is 6.14. The van der Waals surface area contributed by atoms with Gasteiger partial charge in [0.2, 0.25) is 0 Å². The third-order valence-electron chi connectivity index (χ3n) is 3.56. The van der Waals surface area contributed by atoms with Crippen LogP contribution in [0.2, 0.25) is 0 Å². The van der Waals surface area contributed by atoms with Gasteiger partial charge in [0.25, 0.3) is 0 Å². The molecule has 1 aliphatic rings. The third-order valence-corrected chi connectivity index (χ3v) is 6.22.